The molecule has 6 heteroatoms. The zero-order chi connectivity index (χ0) is 16.7. The van der Waals surface area contributed by atoms with Crippen LogP contribution in [-0.2, 0) is 18.6 Å². The maximum atomic E-state index is 6.34. The number of nitrogens with two attached hydrogens (primary N) is 2. The van der Waals surface area contributed by atoms with Gasteiger partial charge in [0.15, 0.2) is 0 Å². The molecule has 1 aromatic rings. The first-order valence-electron chi connectivity index (χ1n) is 9.10. The van der Waals surface area contributed by atoms with Crippen molar-refractivity contribution in [2.75, 3.05) is 6.54 Å². The van der Waals surface area contributed by atoms with E-state index >= 15 is 0 Å². The summed E-state index contributed by atoms with van der Waals surface area (Å²) >= 11 is 0. The summed E-state index contributed by atoms with van der Waals surface area (Å²) in [5.74, 6) is -0.635. The number of rotatable bonds is 2. The first-order chi connectivity index (χ1) is 11.5. The van der Waals surface area contributed by atoms with Crippen molar-refractivity contribution in [3.05, 3.63) is 34.9 Å². The lowest BCUT2D eigenvalue weighted by atomic mass is 9.97. The molecular weight excluding hydrogens is 300 g/mol. The molecule has 2 unspecified atom stereocenters. The lowest BCUT2D eigenvalue weighted by molar-refractivity contribution is 0.174. The van der Waals surface area contributed by atoms with Gasteiger partial charge in [-0.2, -0.15) is 5.43 Å². The van der Waals surface area contributed by atoms with Gasteiger partial charge in [-0.05, 0) is 63.1 Å². The third-order valence-electron chi connectivity index (χ3n) is 5.89. The maximum Gasteiger partial charge on any atom is 0.209 e. The van der Waals surface area contributed by atoms with Crippen molar-refractivity contribution in [2.24, 2.45) is 16.5 Å². The number of likely N-dealkylation sites (tertiary alicyclic amines) is 1. The Morgan fingerprint density at radius 2 is 2.00 bits per heavy atom. The van der Waals surface area contributed by atoms with E-state index in [4.69, 9.17) is 11.5 Å². The van der Waals surface area contributed by atoms with Crippen molar-refractivity contribution in [2.45, 2.75) is 63.3 Å². The van der Waals surface area contributed by atoms with Crippen molar-refractivity contribution >= 4 is 5.96 Å². The van der Waals surface area contributed by atoms with E-state index in [2.05, 4.69) is 45.9 Å². The summed E-state index contributed by atoms with van der Waals surface area (Å²) < 4.78 is 0. The van der Waals surface area contributed by atoms with E-state index in [-0.39, 0.29) is 0 Å². The largest absolute Gasteiger partial charge is 0.369 e. The molecule has 1 fully saturated rings. The van der Waals surface area contributed by atoms with Crippen LogP contribution in [0.1, 0.15) is 49.3 Å². The highest BCUT2D eigenvalue weighted by Crippen LogP contribution is 2.30. The third-order valence-corrected chi connectivity index (χ3v) is 5.89. The average Bonchev–Trinajstić information content (AvgIpc) is 3.07. The van der Waals surface area contributed by atoms with Crippen molar-refractivity contribution in [3.63, 3.8) is 0 Å². The predicted molar refractivity (Wildman–Crippen MR) is 96.0 cm³/mol. The molecule has 130 valence electrons. The van der Waals surface area contributed by atoms with E-state index in [0.717, 1.165) is 24.4 Å². The van der Waals surface area contributed by atoms with Gasteiger partial charge in [-0.15, -0.1) is 0 Å². The van der Waals surface area contributed by atoms with E-state index in [9.17, 15) is 0 Å². The Bertz CT molecular complexity index is 657. The number of aryl methyl sites for hydroxylation is 2. The Hall–Kier alpha value is -1.63. The first-order valence-corrected chi connectivity index (χ1v) is 9.10. The van der Waals surface area contributed by atoms with Gasteiger partial charge in [0.2, 0.25) is 11.7 Å². The number of fused-ring (bicyclic) bond motifs is 1. The van der Waals surface area contributed by atoms with Crippen LogP contribution < -0.4 is 22.3 Å². The molecule has 0 radical (unpaired) electrons. The minimum Gasteiger partial charge on any atom is -0.369 e. The Labute approximate surface area is 143 Å². The van der Waals surface area contributed by atoms with Gasteiger partial charge in [0.1, 0.15) is 0 Å². The Morgan fingerprint density at radius 3 is 2.67 bits per heavy atom. The minimum absolute atomic E-state index is 0.329. The van der Waals surface area contributed by atoms with Crippen LogP contribution in [0.3, 0.4) is 0 Å². The predicted octanol–water partition coefficient (Wildman–Crippen LogP) is 0.910. The fourth-order valence-corrected chi connectivity index (χ4v) is 4.50. The third kappa shape index (κ3) is 2.79. The molecule has 2 heterocycles. The number of guanidine groups is 1. The van der Waals surface area contributed by atoms with E-state index in [1.54, 1.807) is 0 Å². The van der Waals surface area contributed by atoms with Crippen molar-refractivity contribution in [3.8, 4) is 0 Å². The number of benzene rings is 1. The monoisotopic (exact) mass is 328 g/mol. The normalized spacial score (nSPS) is 33.7. The summed E-state index contributed by atoms with van der Waals surface area (Å²) in [7, 11) is 0. The SMILES string of the molecule is C[C@@H]1CCCN1C1CCc2ccc(C3(N)N=C(N)NN3)cc2CC1. The van der Waals surface area contributed by atoms with Crippen molar-refractivity contribution in [1.29, 1.82) is 0 Å². The molecule has 1 aromatic carbocycles. The summed E-state index contributed by atoms with van der Waals surface area (Å²) in [6.07, 6.45) is 7.45. The second-order valence-electron chi connectivity index (χ2n) is 7.46. The Kier molecular flexibility index (Phi) is 3.98. The molecule has 2 aliphatic heterocycles. The number of aliphatic imine (C=N–C) groups is 1. The fraction of sp³-hybridized carbons (Fsp3) is 0.611. The number of nitrogens with one attached hydrogen (secondary N) is 2. The summed E-state index contributed by atoms with van der Waals surface area (Å²) in [5.41, 5.74) is 21.6. The molecule has 1 aliphatic carbocycles. The summed E-state index contributed by atoms with van der Waals surface area (Å²) in [6.45, 7) is 3.64. The molecule has 6 nitrogen and oxygen atoms in total. The smallest absolute Gasteiger partial charge is 0.209 e. The van der Waals surface area contributed by atoms with Gasteiger partial charge in [-0.3, -0.25) is 16.1 Å². The summed E-state index contributed by atoms with van der Waals surface area (Å²) in [5, 5.41) is 0. The van der Waals surface area contributed by atoms with Gasteiger partial charge in [0.05, 0.1) is 0 Å². The fourth-order valence-electron chi connectivity index (χ4n) is 4.50. The molecule has 0 amide bonds. The molecular formula is C18H28N6. The quantitative estimate of drug-likeness (QED) is 0.606. The van der Waals surface area contributed by atoms with Crippen LogP contribution in [0.4, 0.5) is 0 Å². The van der Waals surface area contributed by atoms with E-state index < -0.39 is 5.79 Å². The van der Waals surface area contributed by atoms with Crippen LogP contribution in [0.2, 0.25) is 0 Å². The van der Waals surface area contributed by atoms with E-state index in [1.807, 2.05) is 0 Å². The van der Waals surface area contributed by atoms with Crippen molar-refractivity contribution < 1.29 is 0 Å². The minimum atomic E-state index is -0.964. The van der Waals surface area contributed by atoms with Crippen LogP contribution in [0.15, 0.2) is 23.2 Å². The van der Waals surface area contributed by atoms with Gasteiger partial charge >= 0.3 is 0 Å². The van der Waals surface area contributed by atoms with Gasteiger partial charge < -0.3 is 5.73 Å². The molecule has 24 heavy (non-hydrogen) atoms. The first kappa shape index (κ1) is 15.9. The number of hydrogen-bond acceptors (Lipinski definition) is 6. The van der Waals surface area contributed by atoms with Crippen LogP contribution in [-0.4, -0.2) is 29.5 Å². The van der Waals surface area contributed by atoms with Crippen LogP contribution in [0, 0.1) is 0 Å². The zero-order valence-electron chi connectivity index (χ0n) is 14.4. The molecule has 1 saturated heterocycles. The van der Waals surface area contributed by atoms with E-state index in [1.165, 1.54) is 43.4 Å². The standard InChI is InChI=1S/C18H28N6/c1-12-3-2-10-24(12)16-8-5-13-4-7-15(11-14(13)6-9-16)18(20)21-17(19)22-23-18/h4,7,11-12,16,23H,2-3,5-6,8-10,20H2,1H3,(H3,19,21,22)/t12-,16?,18?/m1/s1. The molecule has 4 rings (SSSR count). The van der Waals surface area contributed by atoms with Gasteiger partial charge in [0.25, 0.3) is 0 Å². The molecule has 0 aromatic heterocycles. The Balaban J connectivity index is 1.54. The second kappa shape index (κ2) is 6.02. The van der Waals surface area contributed by atoms with Gasteiger partial charge in [-0.25, -0.2) is 4.99 Å². The molecule has 6 N–H and O–H groups in total. The zero-order valence-corrected chi connectivity index (χ0v) is 14.4. The van der Waals surface area contributed by atoms with Crippen LogP contribution in [0.25, 0.3) is 0 Å². The highest BCUT2D eigenvalue weighted by Gasteiger charge is 2.33. The molecule has 0 bridgehead atoms. The van der Waals surface area contributed by atoms with Gasteiger partial charge in [0, 0.05) is 17.6 Å². The Morgan fingerprint density at radius 1 is 1.21 bits per heavy atom. The van der Waals surface area contributed by atoms with Crippen LogP contribution >= 0.6 is 0 Å². The van der Waals surface area contributed by atoms with Gasteiger partial charge in [-0.1, -0.05) is 18.2 Å². The highest BCUT2D eigenvalue weighted by atomic mass is 15.6. The number of nitrogens with zero attached hydrogens (tertiary/aromatic N) is 2. The molecule has 3 atom stereocenters. The summed E-state index contributed by atoms with van der Waals surface area (Å²) in [4.78, 5) is 7.02. The molecule has 3 aliphatic rings. The molecule has 0 spiro atoms. The summed E-state index contributed by atoms with van der Waals surface area (Å²) in [6, 6.07) is 7.96. The average molecular weight is 328 g/mol. The topological polar surface area (TPSA) is 91.7 Å². The highest BCUT2D eigenvalue weighted by molar-refractivity contribution is 5.79. The van der Waals surface area contributed by atoms with Crippen LogP contribution in [0.5, 0.6) is 0 Å². The number of hydrogen-bond donors (Lipinski definition) is 4. The molecule has 0 saturated carbocycles. The van der Waals surface area contributed by atoms with Crippen molar-refractivity contribution in [1.82, 2.24) is 15.8 Å². The van der Waals surface area contributed by atoms with E-state index in [0.29, 0.717) is 12.0 Å². The number of hydrazine groups is 1. The lowest BCUT2D eigenvalue weighted by Gasteiger charge is -2.30. The lowest BCUT2D eigenvalue weighted by Crippen LogP contribution is -2.50. The second-order valence-corrected chi connectivity index (χ2v) is 7.46. The maximum absolute atomic E-state index is 6.34.